The average molecular weight is 381 g/mol. The van der Waals surface area contributed by atoms with Crippen molar-refractivity contribution in [1.82, 2.24) is 4.86 Å². The van der Waals surface area contributed by atoms with Gasteiger partial charge in [0.1, 0.15) is 0 Å². The number of hydrogen-bond donors (Lipinski definition) is 1. The fraction of sp³-hybridized carbons (Fsp3) is 0.333. The number of benzene rings is 2. The third kappa shape index (κ3) is 4.03. The third-order valence-electron chi connectivity index (χ3n) is 4.07. The van der Waals surface area contributed by atoms with Crippen LogP contribution in [0, 0.1) is 0 Å². The highest BCUT2D eigenvalue weighted by molar-refractivity contribution is 8.27. The van der Waals surface area contributed by atoms with Crippen molar-refractivity contribution in [2.75, 3.05) is 0 Å². The van der Waals surface area contributed by atoms with Gasteiger partial charge in [-0.05, 0) is 11.3 Å². The van der Waals surface area contributed by atoms with Gasteiger partial charge in [-0.3, -0.25) is 4.86 Å². The molecule has 23 heavy (non-hydrogen) atoms. The van der Waals surface area contributed by atoms with Gasteiger partial charge >= 0.3 is 0 Å². The van der Waals surface area contributed by atoms with Crippen LogP contribution >= 0.6 is 12.4 Å². The van der Waals surface area contributed by atoms with Crippen LogP contribution in [-0.2, 0) is 23.6 Å². The minimum absolute atomic E-state index is 0.423. The second kappa shape index (κ2) is 7.72. The van der Waals surface area contributed by atoms with E-state index in [9.17, 15) is 0 Å². The quantitative estimate of drug-likeness (QED) is 0.720. The molecular weight excluding hydrogens is 356 g/mol. The van der Waals surface area contributed by atoms with E-state index in [1.165, 1.54) is 10.6 Å². The third-order valence-corrected chi connectivity index (χ3v) is 16.8. The van der Waals surface area contributed by atoms with Gasteiger partial charge in [0.05, 0.1) is 6.19 Å². The summed E-state index contributed by atoms with van der Waals surface area (Å²) in [5, 5.41) is 2.38. The van der Waals surface area contributed by atoms with Gasteiger partial charge < -0.3 is 0 Å². The molecule has 0 aliphatic rings. The molecule has 0 amide bonds. The largest absolute Gasteiger partial charge is 0.252 e. The Hall–Kier alpha value is -0.300. The van der Waals surface area contributed by atoms with Crippen LogP contribution in [-0.4, -0.2) is 11.3 Å². The Labute approximate surface area is 151 Å². The first kappa shape index (κ1) is 19.0. The summed E-state index contributed by atoms with van der Waals surface area (Å²) in [5.41, 5.74) is 0.847. The van der Waals surface area contributed by atoms with Gasteiger partial charge in [-0.15, -0.1) is 0 Å². The summed E-state index contributed by atoms with van der Waals surface area (Å²) in [6.45, 7) is 8.90. The molecule has 5 heteroatoms. The van der Waals surface area contributed by atoms with Crippen molar-refractivity contribution in [3.05, 3.63) is 60.7 Å². The molecular formula is C18H25NP2S2. The van der Waals surface area contributed by atoms with E-state index in [2.05, 4.69) is 81.1 Å². The standard InChI is InChI=1S/C18H25NP2S2/c1-15(2)20(22,16(3)4)19-21(23,17-11-7-5-8-12-17)18-13-9-6-10-14-18/h5-16H,1-4H3,(H,19,22,23). The molecule has 1 nitrogen and oxygen atoms in total. The van der Waals surface area contributed by atoms with E-state index in [4.69, 9.17) is 23.6 Å². The van der Waals surface area contributed by atoms with Gasteiger partial charge in [0, 0.05) is 16.8 Å². The zero-order valence-electron chi connectivity index (χ0n) is 14.1. The van der Waals surface area contributed by atoms with Gasteiger partial charge in [0.25, 0.3) is 0 Å². The summed E-state index contributed by atoms with van der Waals surface area (Å²) in [7, 11) is 0. The second-order valence-corrected chi connectivity index (χ2v) is 16.3. The highest BCUT2D eigenvalue weighted by atomic mass is 32.5. The minimum atomic E-state index is -2.12. The predicted octanol–water partition coefficient (Wildman–Crippen LogP) is 4.83. The van der Waals surface area contributed by atoms with Crippen LogP contribution in [0.15, 0.2) is 60.7 Å². The number of rotatable bonds is 6. The summed E-state index contributed by atoms with van der Waals surface area (Å²) in [5.74, 6) is 0. The number of nitrogens with one attached hydrogen (secondary N) is 1. The topological polar surface area (TPSA) is 12.0 Å². The lowest BCUT2D eigenvalue weighted by Gasteiger charge is -2.37. The van der Waals surface area contributed by atoms with E-state index < -0.39 is 12.4 Å². The monoisotopic (exact) mass is 381 g/mol. The van der Waals surface area contributed by atoms with Crippen LogP contribution in [0.25, 0.3) is 0 Å². The van der Waals surface area contributed by atoms with Crippen LogP contribution in [0.1, 0.15) is 27.7 Å². The summed E-state index contributed by atoms with van der Waals surface area (Å²) < 4.78 is 0. The van der Waals surface area contributed by atoms with Gasteiger partial charge in [-0.1, -0.05) is 112 Å². The first-order valence-electron chi connectivity index (χ1n) is 7.91. The van der Waals surface area contributed by atoms with E-state index in [-0.39, 0.29) is 0 Å². The first-order valence-corrected chi connectivity index (χ1v) is 13.6. The Morgan fingerprint density at radius 2 is 1.04 bits per heavy atom. The van der Waals surface area contributed by atoms with Crippen LogP contribution in [0.3, 0.4) is 0 Å². The van der Waals surface area contributed by atoms with Crippen LogP contribution in [0.4, 0.5) is 0 Å². The van der Waals surface area contributed by atoms with Gasteiger partial charge in [-0.25, -0.2) is 0 Å². The summed E-state index contributed by atoms with van der Waals surface area (Å²) >= 11 is 12.4. The molecule has 1 N–H and O–H groups in total. The van der Waals surface area contributed by atoms with Crippen molar-refractivity contribution < 1.29 is 0 Å². The SMILES string of the molecule is CC(C)P(=S)(NP(=S)(c1ccccc1)c1ccccc1)C(C)C. The Balaban J connectivity index is 2.61. The predicted molar refractivity (Wildman–Crippen MR) is 114 cm³/mol. The molecule has 0 heterocycles. The van der Waals surface area contributed by atoms with Crippen molar-refractivity contribution in [3.63, 3.8) is 0 Å². The van der Waals surface area contributed by atoms with E-state index in [1.807, 2.05) is 12.1 Å². The maximum Gasteiger partial charge on any atom is 0.0723 e. The first-order chi connectivity index (χ1) is 10.8. The lowest BCUT2D eigenvalue weighted by molar-refractivity contribution is 0.994. The summed E-state index contributed by atoms with van der Waals surface area (Å²) in [6.07, 6.45) is -3.91. The van der Waals surface area contributed by atoms with Crippen LogP contribution in [0.2, 0.25) is 0 Å². The Morgan fingerprint density at radius 3 is 1.35 bits per heavy atom. The Bertz CT molecular complexity index is 672. The lowest BCUT2D eigenvalue weighted by Crippen LogP contribution is -2.30. The normalized spacial score (nSPS) is 12.8. The molecule has 0 radical (unpaired) electrons. The molecule has 0 bridgehead atoms. The Morgan fingerprint density at radius 1 is 0.696 bits per heavy atom. The average Bonchev–Trinajstić information content (AvgIpc) is 2.56. The molecule has 2 rings (SSSR count). The molecule has 0 unspecified atom stereocenters. The number of hydrogen-bond acceptors (Lipinski definition) is 2. The molecule has 2 aromatic carbocycles. The van der Waals surface area contributed by atoms with E-state index in [0.717, 1.165) is 0 Å². The van der Waals surface area contributed by atoms with E-state index in [0.29, 0.717) is 11.3 Å². The highest BCUT2D eigenvalue weighted by Gasteiger charge is 2.33. The van der Waals surface area contributed by atoms with E-state index in [1.54, 1.807) is 0 Å². The smallest absolute Gasteiger partial charge is 0.0723 e. The zero-order valence-corrected chi connectivity index (χ0v) is 17.6. The molecule has 0 aromatic heterocycles. The fourth-order valence-corrected chi connectivity index (χ4v) is 13.3. The van der Waals surface area contributed by atoms with Crippen molar-refractivity contribution in [3.8, 4) is 0 Å². The minimum Gasteiger partial charge on any atom is -0.252 e. The maximum absolute atomic E-state index is 6.28. The summed E-state index contributed by atoms with van der Waals surface area (Å²) in [4.78, 5) is 3.89. The van der Waals surface area contributed by atoms with Crippen molar-refractivity contribution in [1.29, 1.82) is 0 Å². The second-order valence-electron chi connectivity index (χ2n) is 6.28. The Kier molecular flexibility index (Phi) is 6.39. The highest BCUT2D eigenvalue weighted by Crippen LogP contribution is 2.60. The molecule has 0 saturated carbocycles. The maximum atomic E-state index is 6.28. The molecule has 0 atom stereocenters. The van der Waals surface area contributed by atoms with Gasteiger partial charge in [0.15, 0.2) is 0 Å². The molecule has 0 saturated heterocycles. The molecule has 0 spiro atoms. The molecule has 124 valence electrons. The van der Waals surface area contributed by atoms with Gasteiger partial charge in [0.2, 0.25) is 0 Å². The molecule has 0 fully saturated rings. The molecule has 0 aliphatic carbocycles. The molecule has 2 aromatic rings. The summed E-state index contributed by atoms with van der Waals surface area (Å²) in [6, 6.07) is 20.9. The van der Waals surface area contributed by atoms with Crippen LogP contribution < -0.4 is 15.5 Å². The zero-order chi connectivity index (χ0) is 17.1. The van der Waals surface area contributed by atoms with E-state index >= 15 is 0 Å². The van der Waals surface area contributed by atoms with Crippen molar-refractivity contribution in [2.24, 2.45) is 0 Å². The van der Waals surface area contributed by atoms with Gasteiger partial charge in [-0.2, -0.15) is 0 Å². The van der Waals surface area contributed by atoms with Crippen LogP contribution in [0.5, 0.6) is 0 Å². The molecule has 0 aliphatic heterocycles. The lowest BCUT2D eigenvalue weighted by atomic mass is 10.4. The van der Waals surface area contributed by atoms with Crippen molar-refractivity contribution in [2.45, 2.75) is 39.0 Å². The fourth-order valence-electron chi connectivity index (χ4n) is 2.59. The van der Waals surface area contributed by atoms with Crippen molar-refractivity contribution >= 4 is 46.6 Å².